The van der Waals surface area contributed by atoms with Crippen molar-refractivity contribution < 1.29 is 13.2 Å². The van der Waals surface area contributed by atoms with Crippen LogP contribution >= 0.6 is 0 Å². The summed E-state index contributed by atoms with van der Waals surface area (Å²) >= 11 is 0. The Morgan fingerprint density at radius 2 is 1.69 bits per heavy atom. The standard InChI is InChI=1S/C22H20F3N/c1-2-3-4-5-14-8-20(24)22(21(25)9-14)16-7-6-15-10-18(13-26)19(23)12-17(15)11-16/h8-12H,2-7H2,1H3. The Morgan fingerprint density at radius 1 is 0.962 bits per heavy atom. The van der Waals surface area contributed by atoms with Gasteiger partial charge in [0, 0.05) is 5.56 Å². The number of hydrogen-bond donors (Lipinski definition) is 0. The molecular weight excluding hydrogens is 335 g/mol. The molecule has 0 N–H and O–H groups in total. The van der Waals surface area contributed by atoms with E-state index >= 15 is 0 Å². The maximum absolute atomic E-state index is 14.6. The van der Waals surface area contributed by atoms with Crippen LogP contribution in [-0.4, -0.2) is 0 Å². The first-order chi connectivity index (χ1) is 12.5. The van der Waals surface area contributed by atoms with Crippen LogP contribution in [0.2, 0.25) is 0 Å². The van der Waals surface area contributed by atoms with E-state index in [4.69, 9.17) is 5.26 Å². The fourth-order valence-electron chi connectivity index (χ4n) is 3.45. The summed E-state index contributed by atoms with van der Waals surface area (Å²) in [6, 6.07) is 7.41. The Labute approximate surface area is 151 Å². The fraction of sp³-hybridized carbons (Fsp3) is 0.318. The molecule has 0 bridgehead atoms. The molecule has 0 amide bonds. The first-order valence-electron chi connectivity index (χ1n) is 8.95. The molecule has 0 fully saturated rings. The Balaban J connectivity index is 1.95. The molecule has 2 aromatic carbocycles. The Bertz CT molecular complexity index is 883. The minimum atomic E-state index is -0.615. The number of benzene rings is 2. The quantitative estimate of drug-likeness (QED) is 0.586. The van der Waals surface area contributed by atoms with Gasteiger partial charge in [-0.15, -0.1) is 0 Å². The van der Waals surface area contributed by atoms with Gasteiger partial charge in [-0.05, 0) is 72.2 Å². The maximum atomic E-state index is 14.6. The lowest BCUT2D eigenvalue weighted by atomic mass is 9.87. The summed E-state index contributed by atoms with van der Waals surface area (Å²) in [4.78, 5) is 0. The molecule has 0 unspecified atom stereocenters. The van der Waals surface area contributed by atoms with Gasteiger partial charge < -0.3 is 0 Å². The molecular formula is C22H20F3N. The number of allylic oxidation sites excluding steroid dienone is 1. The summed E-state index contributed by atoms with van der Waals surface area (Å²) in [5.74, 6) is -1.75. The predicted molar refractivity (Wildman–Crippen MR) is 96.9 cm³/mol. The van der Waals surface area contributed by atoms with E-state index in [0.717, 1.165) is 24.8 Å². The van der Waals surface area contributed by atoms with Crippen molar-refractivity contribution in [3.63, 3.8) is 0 Å². The van der Waals surface area contributed by atoms with Crippen molar-refractivity contribution in [1.82, 2.24) is 0 Å². The number of aryl methyl sites for hydroxylation is 2. The van der Waals surface area contributed by atoms with Crippen molar-refractivity contribution in [2.24, 2.45) is 0 Å². The van der Waals surface area contributed by atoms with Crippen molar-refractivity contribution in [2.45, 2.75) is 45.4 Å². The molecule has 0 aliphatic heterocycles. The van der Waals surface area contributed by atoms with Crippen LogP contribution in [0, 0.1) is 28.8 Å². The highest BCUT2D eigenvalue weighted by atomic mass is 19.1. The fourth-order valence-corrected chi connectivity index (χ4v) is 3.45. The number of nitriles is 1. The lowest BCUT2D eigenvalue weighted by Gasteiger charge is -2.19. The average Bonchev–Trinajstić information content (AvgIpc) is 2.60. The topological polar surface area (TPSA) is 23.8 Å². The molecule has 3 rings (SSSR count). The number of unbranched alkanes of at least 4 members (excludes halogenated alkanes) is 2. The summed E-state index contributed by atoms with van der Waals surface area (Å²) < 4.78 is 43.0. The molecule has 134 valence electrons. The summed E-state index contributed by atoms with van der Waals surface area (Å²) in [6.45, 7) is 2.08. The van der Waals surface area contributed by atoms with Gasteiger partial charge in [-0.1, -0.05) is 25.8 Å². The smallest absolute Gasteiger partial charge is 0.141 e. The molecule has 1 aliphatic rings. The minimum absolute atomic E-state index is 0.00519. The van der Waals surface area contributed by atoms with E-state index in [1.165, 1.54) is 24.3 Å². The van der Waals surface area contributed by atoms with E-state index < -0.39 is 17.5 Å². The SMILES string of the molecule is CCCCCc1cc(F)c(C2=Cc3cc(F)c(C#N)cc3CC2)c(F)c1. The van der Waals surface area contributed by atoms with Gasteiger partial charge in [0.25, 0.3) is 0 Å². The number of hydrogen-bond acceptors (Lipinski definition) is 1. The number of fused-ring (bicyclic) bond motifs is 1. The average molecular weight is 355 g/mol. The lowest BCUT2D eigenvalue weighted by molar-refractivity contribution is 0.570. The molecule has 1 aliphatic carbocycles. The van der Waals surface area contributed by atoms with Crippen LogP contribution in [0.3, 0.4) is 0 Å². The third-order valence-corrected chi connectivity index (χ3v) is 4.83. The number of rotatable bonds is 5. The lowest BCUT2D eigenvalue weighted by Crippen LogP contribution is -2.05. The van der Waals surface area contributed by atoms with Gasteiger partial charge in [-0.2, -0.15) is 5.26 Å². The Hall–Kier alpha value is -2.54. The van der Waals surface area contributed by atoms with Gasteiger partial charge in [0.1, 0.15) is 23.5 Å². The molecule has 0 aromatic heterocycles. The third kappa shape index (κ3) is 3.67. The van der Waals surface area contributed by atoms with Crippen LogP contribution in [-0.2, 0) is 12.8 Å². The zero-order chi connectivity index (χ0) is 18.7. The molecule has 0 saturated heterocycles. The summed E-state index contributed by atoms with van der Waals surface area (Å²) in [5, 5.41) is 8.92. The molecule has 2 aromatic rings. The third-order valence-electron chi connectivity index (χ3n) is 4.83. The molecule has 0 radical (unpaired) electrons. The van der Waals surface area contributed by atoms with Gasteiger partial charge in [-0.3, -0.25) is 0 Å². The first kappa shape index (κ1) is 18.3. The second kappa shape index (κ2) is 7.78. The van der Waals surface area contributed by atoms with Crippen LogP contribution < -0.4 is 0 Å². The number of nitrogens with zero attached hydrogens (tertiary/aromatic N) is 1. The van der Waals surface area contributed by atoms with E-state index in [2.05, 4.69) is 6.92 Å². The maximum Gasteiger partial charge on any atom is 0.141 e. The first-order valence-corrected chi connectivity index (χ1v) is 8.95. The number of halogens is 3. The van der Waals surface area contributed by atoms with Crippen molar-refractivity contribution in [2.75, 3.05) is 0 Å². The van der Waals surface area contributed by atoms with Crippen LogP contribution in [0.25, 0.3) is 11.6 Å². The van der Waals surface area contributed by atoms with E-state index in [1.54, 1.807) is 6.08 Å². The van der Waals surface area contributed by atoms with Gasteiger partial charge in [0.2, 0.25) is 0 Å². The Morgan fingerprint density at radius 3 is 2.35 bits per heavy atom. The van der Waals surface area contributed by atoms with E-state index in [1.807, 2.05) is 6.07 Å². The zero-order valence-electron chi connectivity index (χ0n) is 14.7. The summed E-state index contributed by atoms with van der Waals surface area (Å²) in [7, 11) is 0. The van der Waals surface area contributed by atoms with Crippen LogP contribution in [0.1, 0.15) is 60.4 Å². The van der Waals surface area contributed by atoms with E-state index in [9.17, 15) is 13.2 Å². The zero-order valence-corrected chi connectivity index (χ0v) is 14.7. The monoisotopic (exact) mass is 355 g/mol. The van der Waals surface area contributed by atoms with Gasteiger partial charge in [-0.25, -0.2) is 13.2 Å². The van der Waals surface area contributed by atoms with E-state index in [0.29, 0.717) is 36.0 Å². The predicted octanol–water partition coefficient (Wildman–Crippen LogP) is 6.20. The summed E-state index contributed by atoms with van der Waals surface area (Å²) in [6.07, 6.45) is 6.25. The minimum Gasteiger partial charge on any atom is -0.206 e. The normalized spacial score (nSPS) is 13.1. The molecule has 0 saturated carbocycles. The van der Waals surface area contributed by atoms with Crippen LogP contribution in [0.5, 0.6) is 0 Å². The van der Waals surface area contributed by atoms with Crippen molar-refractivity contribution in [1.29, 1.82) is 5.26 Å². The summed E-state index contributed by atoms with van der Waals surface area (Å²) in [5.41, 5.74) is 2.56. The largest absolute Gasteiger partial charge is 0.206 e. The molecule has 4 heteroatoms. The Kier molecular flexibility index (Phi) is 5.46. The highest BCUT2D eigenvalue weighted by Crippen LogP contribution is 2.34. The van der Waals surface area contributed by atoms with Crippen molar-refractivity contribution in [3.8, 4) is 6.07 Å². The molecule has 26 heavy (non-hydrogen) atoms. The van der Waals surface area contributed by atoms with Gasteiger partial charge in [0.15, 0.2) is 0 Å². The van der Waals surface area contributed by atoms with Gasteiger partial charge >= 0.3 is 0 Å². The molecule has 0 atom stereocenters. The highest BCUT2D eigenvalue weighted by molar-refractivity contribution is 5.85. The second-order valence-electron chi connectivity index (χ2n) is 6.70. The molecule has 0 spiro atoms. The van der Waals surface area contributed by atoms with Crippen LogP contribution in [0.15, 0.2) is 24.3 Å². The molecule has 0 heterocycles. The van der Waals surface area contributed by atoms with E-state index in [-0.39, 0.29) is 11.1 Å². The molecule has 1 nitrogen and oxygen atoms in total. The van der Waals surface area contributed by atoms with Gasteiger partial charge in [0.05, 0.1) is 5.56 Å². The van der Waals surface area contributed by atoms with Crippen molar-refractivity contribution in [3.05, 3.63) is 69.5 Å². The highest BCUT2D eigenvalue weighted by Gasteiger charge is 2.20. The van der Waals surface area contributed by atoms with Crippen LogP contribution in [0.4, 0.5) is 13.2 Å². The second-order valence-corrected chi connectivity index (χ2v) is 6.70. The van der Waals surface area contributed by atoms with Crippen molar-refractivity contribution >= 4 is 11.6 Å².